The van der Waals surface area contributed by atoms with E-state index in [1.807, 2.05) is 36.4 Å². The molecule has 0 spiro atoms. The van der Waals surface area contributed by atoms with Crippen molar-refractivity contribution in [3.63, 3.8) is 0 Å². The third kappa shape index (κ3) is 4.01. The topological polar surface area (TPSA) is 57.2 Å². The van der Waals surface area contributed by atoms with Gasteiger partial charge in [-0.2, -0.15) is 0 Å². The van der Waals surface area contributed by atoms with E-state index in [9.17, 15) is 4.79 Å². The van der Waals surface area contributed by atoms with E-state index in [4.69, 9.17) is 18.9 Å². The van der Waals surface area contributed by atoms with Gasteiger partial charge in [-0.1, -0.05) is 12.1 Å². The Hall–Kier alpha value is -2.73. The minimum atomic E-state index is -0.345. The molecule has 1 heterocycles. The zero-order valence-electron chi connectivity index (χ0n) is 16.2. The standard InChI is InChI=1S/C21H25NO5/c1-24-17-7-5-14(6-8-17)12-22-13-16-11-20(26-3)19(25-2)10-15(16)9-18(22)21(23)27-4/h5-8,10-11,18H,9,12-13H2,1-4H3. The van der Waals surface area contributed by atoms with Crippen molar-refractivity contribution in [1.29, 1.82) is 0 Å². The zero-order chi connectivity index (χ0) is 19.4. The van der Waals surface area contributed by atoms with E-state index in [1.165, 1.54) is 7.11 Å². The van der Waals surface area contributed by atoms with Crippen molar-refractivity contribution in [2.45, 2.75) is 25.6 Å². The molecule has 1 atom stereocenters. The molecule has 0 radical (unpaired) electrons. The van der Waals surface area contributed by atoms with Crippen molar-refractivity contribution in [3.8, 4) is 17.2 Å². The fourth-order valence-corrected chi connectivity index (χ4v) is 3.47. The molecule has 27 heavy (non-hydrogen) atoms. The van der Waals surface area contributed by atoms with Crippen molar-refractivity contribution in [3.05, 3.63) is 53.1 Å². The molecule has 0 aromatic heterocycles. The highest BCUT2D eigenvalue weighted by molar-refractivity contribution is 5.76. The maximum Gasteiger partial charge on any atom is 0.323 e. The fourth-order valence-electron chi connectivity index (χ4n) is 3.47. The summed E-state index contributed by atoms with van der Waals surface area (Å²) in [5.41, 5.74) is 3.31. The first-order valence-electron chi connectivity index (χ1n) is 8.78. The molecule has 2 aromatic carbocycles. The van der Waals surface area contributed by atoms with Crippen molar-refractivity contribution >= 4 is 5.97 Å². The lowest BCUT2D eigenvalue weighted by molar-refractivity contribution is -0.148. The van der Waals surface area contributed by atoms with Gasteiger partial charge in [0.05, 0.1) is 28.4 Å². The van der Waals surface area contributed by atoms with Gasteiger partial charge in [0.25, 0.3) is 0 Å². The Balaban J connectivity index is 1.90. The monoisotopic (exact) mass is 371 g/mol. The molecule has 6 heteroatoms. The average Bonchev–Trinajstić information content (AvgIpc) is 2.72. The molecule has 1 aliphatic rings. The minimum absolute atomic E-state index is 0.232. The van der Waals surface area contributed by atoms with Crippen molar-refractivity contribution in [2.75, 3.05) is 28.4 Å². The Morgan fingerprint density at radius 2 is 1.59 bits per heavy atom. The van der Waals surface area contributed by atoms with Gasteiger partial charge in [-0.15, -0.1) is 0 Å². The Morgan fingerprint density at radius 1 is 0.963 bits per heavy atom. The first-order chi connectivity index (χ1) is 13.1. The normalized spacial score (nSPS) is 16.4. The van der Waals surface area contributed by atoms with Gasteiger partial charge < -0.3 is 18.9 Å². The smallest absolute Gasteiger partial charge is 0.323 e. The van der Waals surface area contributed by atoms with Crippen LogP contribution in [0.2, 0.25) is 0 Å². The largest absolute Gasteiger partial charge is 0.497 e. The number of rotatable bonds is 6. The summed E-state index contributed by atoms with van der Waals surface area (Å²) in [5.74, 6) is 1.94. The number of nitrogens with zero attached hydrogens (tertiary/aromatic N) is 1. The number of fused-ring (bicyclic) bond motifs is 1. The highest BCUT2D eigenvalue weighted by Crippen LogP contribution is 2.35. The van der Waals surface area contributed by atoms with Crippen molar-refractivity contribution < 1.29 is 23.7 Å². The average molecular weight is 371 g/mol. The molecule has 144 valence electrons. The summed E-state index contributed by atoms with van der Waals surface area (Å²) in [6.07, 6.45) is 0.568. The van der Waals surface area contributed by atoms with Crippen LogP contribution in [0.3, 0.4) is 0 Å². The van der Waals surface area contributed by atoms with Crippen LogP contribution in [0.5, 0.6) is 17.2 Å². The number of esters is 1. The van der Waals surface area contributed by atoms with Crippen LogP contribution in [-0.2, 0) is 29.0 Å². The zero-order valence-corrected chi connectivity index (χ0v) is 16.2. The van der Waals surface area contributed by atoms with Gasteiger partial charge in [0.1, 0.15) is 11.8 Å². The van der Waals surface area contributed by atoms with Crippen molar-refractivity contribution in [2.24, 2.45) is 0 Å². The Morgan fingerprint density at radius 3 is 2.15 bits per heavy atom. The third-order valence-electron chi connectivity index (χ3n) is 4.95. The second-order valence-electron chi connectivity index (χ2n) is 6.47. The lowest BCUT2D eigenvalue weighted by Gasteiger charge is -2.35. The van der Waals surface area contributed by atoms with Crippen molar-refractivity contribution in [1.82, 2.24) is 4.90 Å². The van der Waals surface area contributed by atoms with E-state index in [0.717, 1.165) is 22.4 Å². The molecule has 1 aliphatic heterocycles. The SMILES string of the molecule is COC(=O)C1Cc2cc(OC)c(OC)cc2CN1Cc1ccc(OC)cc1. The molecular weight excluding hydrogens is 346 g/mol. The van der Waals surface area contributed by atoms with Gasteiger partial charge in [-0.05, 0) is 47.4 Å². The summed E-state index contributed by atoms with van der Waals surface area (Å²) >= 11 is 0. The van der Waals surface area contributed by atoms with Crippen LogP contribution in [0, 0.1) is 0 Å². The van der Waals surface area contributed by atoms with Gasteiger partial charge in [0, 0.05) is 13.1 Å². The molecule has 2 aromatic rings. The molecule has 0 N–H and O–H groups in total. The summed E-state index contributed by atoms with van der Waals surface area (Å²) in [7, 11) is 6.31. The molecule has 3 rings (SSSR count). The van der Waals surface area contributed by atoms with Crippen LogP contribution in [0.1, 0.15) is 16.7 Å². The second-order valence-corrected chi connectivity index (χ2v) is 6.47. The Bertz CT molecular complexity index is 803. The summed E-state index contributed by atoms with van der Waals surface area (Å²) in [6, 6.07) is 11.5. The first kappa shape index (κ1) is 19.0. The molecule has 0 aliphatic carbocycles. The molecule has 0 saturated heterocycles. The quantitative estimate of drug-likeness (QED) is 0.728. The van der Waals surface area contributed by atoms with Crippen LogP contribution in [-0.4, -0.2) is 45.4 Å². The highest BCUT2D eigenvalue weighted by atomic mass is 16.5. The number of hydrogen-bond acceptors (Lipinski definition) is 6. The molecule has 6 nitrogen and oxygen atoms in total. The van der Waals surface area contributed by atoms with Crippen LogP contribution in [0.4, 0.5) is 0 Å². The maximum absolute atomic E-state index is 12.4. The minimum Gasteiger partial charge on any atom is -0.497 e. The number of carbonyl (C=O) groups is 1. The Labute approximate surface area is 159 Å². The van der Waals surface area contributed by atoms with Gasteiger partial charge in [0.2, 0.25) is 0 Å². The Kier molecular flexibility index (Phi) is 5.86. The summed E-state index contributed by atoms with van der Waals surface area (Å²) in [5, 5.41) is 0. The number of benzene rings is 2. The lowest BCUT2D eigenvalue weighted by Crippen LogP contribution is -2.45. The summed E-state index contributed by atoms with van der Waals surface area (Å²) in [6.45, 7) is 1.26. The molecular formula is C21H25NO5. The predicted molar refractivity (Wildman–Crippen MR) is 101 cm³/mol. The number of ether oxygens (including phenoxy) is 4. The molecule has 0 bridgehead atoms. The third-order valence-corrected chi connectivity index (χ3v) is 4.95. The highest BCUT2D eigenvalue weighted by Gasteiger charge is 2.33. The van der Waals surface area contributed by atoms with E-state index in [-0.39, 0.29) is 12.0 Å². The van der Waals surface area contributed by atoms with Gasteiger partial charge in [-0.25, -0.2) is 0 Å². The van der Waals surface area contributed by atoms with Gasteiger partial charge in [-0.3, -0.25) is 9.69 Å². The molecule has 0 amide bonds. The van der Waals surface area contributed by atoms with E-state index in [2.05, 4.69) is 4.90 Å². The molecule has 1 unspecified atom stereocenters. The van der Waals surface area contributed by atoms with Crippen LogP contribution in [0.25, 0.3) is 0 Å². The molecule has 0 fully saturated rings. The van der Waals surface area contributed by atoms with Crippen LogP contribution < -0.4 is 14.2 Å². The predicted octanol–water partition coefficient (Wildman–Crippen LogP) is 2.81. The van der Waals surface area contributed by atoms with Crippen LogP contribution in [0.15, 0.2) is 36.4 Å². The van der Waals surface area contributed by atoms with E-state index < -0.39 is 0 Å². The van der Waals surface area contributed by atoms with E-state index >= 15 is 0 Å². The summed E-state index contributed by atoms with van der Waals surface area (Å²) < 4.78 is 21.1. The number of methoxy groups -OCH3 is 4. The first-order valence-corrected chi connectivity index (χ1v) is 8.78. The molecule has 0 saturated carbocycles. The second kappa shape index (κ2) is 8.31. The summed E-state index contributed by atoms with van der Waals surface area (Å²) in [4.78, 5) is 14.5. The van der Waals surface area contributed by atoms with E-state index in [1.54, 1.807) is 21.3 Å². The number of hydrogen-bond donors (Lipinski definition) is 0. The van der Waals surface area contributed by atoms with Gasteiger partial charge in [0.15, 0.2) is 11.5 Å². The number of carbonyl (C=O) groups excluding carboxylic acids is 1. The fraction of sp³-hybridized carbons (Fsp3) is 0.381. The lowest BCUT2D eigenvalue weighted by atomic mass is 9.92. The van der Waals surface area contributed by atoms with Crippen LogP contribution >= 0.6 is 0 Å². The van der Waals surface area contributed by atoms with Gasteiger partial charge >= 0.3 is 5.97 Å². The van der Waals surface area contributed by atoms with E-state index in [0.29, 0.717) is 31.0 Å². The maximum atomic E-state index is 12.4.